The zero-order valence-electron chi connectivity index (χ0n) is 10.0. The first kappa shape index (κ1) is 12.8. The van der Waals surface area contributed by atoms with Crippen molar-refractivity contribution in [3.8, 4) is 6.07 Å². The van der Waals surface area contributed by atoms with Gasteiger partial charge >= 0.3 is 0 Å². The number of aryl methyl sites for hydroxylation is 1. The van der Waals surface area contributed by atoms with Crippen molar-refractivity contribution in [2.75, 3.05) is 5.32 Å². The van der Waals surface area contributed by atoms with Crippen LogP contribution in [0.3, 0.4) is 0 Å². The van der Waals surface area contributed by atoms with Gasteiger partial charge in [-0.2, -0.15) is 10.4 Å². The standard InChI is InChI=1S/C13H11IN4/c1-8-9(2)17-18-13(12(8)7-15)16-11-5-3-4-10(14)6-11/h3-6H,1-2H3,(H,16,18). The maximum Gasteiger partial charge on any atom is 0.171 e. The number of rotatable bonds is 2. The van der Waals surface area contributed by atoms with Crippen LogP contribution in [0.1, 0.15) is 16.8 Å². The number of benzene rings is 1. The van der Waals surface area contributed by atoms with E-state index in [1.165, 1.54) is 0 Å². The summed E-state index contributed by atoms with van der Waals surface area (Å²) < 4.78 is 1.12. The number of hydrogen-bond donors (Lipinski definition) is 1. The molecule has 0 spiro atoms. The second-order valence-corrected chi connectivity index (χ2v) is 5.13. The van der Waals surface area contributed by atoms with Gasteiger partial charge in [0.05, 0.1) is 5.69 Å². The molecule has 2 aromatic rings. The quantitative estimate of drug-likeness (QED) is 0.845. The van der Waals surface area contributed by atoms with Crippen LogP contribution in [0.5, 0.6) is 0 Å². The number of nitriles is 1. The molecule has 90 valence electrons. The van der Waals surface area contributed by atoms with Gasteiger partial charge in [0.25, 0.3) is 0 Å². The van der Waals surface area contributed by atoms with Gasteiger partial charge in [-0.3, -0.25) is 0 Å². The minimum absolute atomic E-state index is 0.502. The van der Waals surface area contributed by atoms with Crippen LogP contribution in [0.2, 0.25) is 0 Å². The molecule has 2 rings (SSSR count). The Hall–Kier alpha value is -1.68. The molecule has 1 aromatic heterocycles. The van der Waals surface area contributed by atoms with Gasteiger partial charge in [0, 0.05) is 9.26 Å². The normalized spacial score (nSPS) is 9.89. The van der Waals surface area contributed by atoms with Crippen molar-refractivity contribution in [1.82, 2.24) is 10.2 Å². The average molecular weight is 350 g/mol. The SMILES string of the molecule is Cc1nnc(Nc2cccc(I)c2)c(C#N)c1C. The molecule has 0 unspecified atom stereocenters. The lowest BCUT2D eigenvalue weighted by atomic mass is 10.1. The summed E-state index contributed by atoms with van der Waals surface area (Å²) in [5.74, 6) is 0.502. The fraction of sp³-hybridized carbons (Fsp3) is 0.154. The average Bonchev–Trinajstić information content (AvgIpc) is 2.34. The van der Waals surface area contributed by atoms with Crippen LogP contribution in [0.25, 0.3) is 0 Å². The van der Waals surface area contributed by atoms with Gasteiger partial charge in [-0.1, -0.05) is 6.07 Å². The van der Waals surface area contributed by atoms with Gasteiger partial charge in [-0.15, -0.1) is 5.10 Å². The molecule has 1 aromatic carbocycles. The van der Waals surface area contributed by atoms with Crippen LogP contribution < -0.4 is 5.32 Å². The first-order chi connectivity index (χ1) is 8.61. The molecule has 0 atom stereocenters. The van der Waals surface area contributed by atoms with Gasteiger partial charge in [0.2, 0.25) is 0 Å². The molecule has 1 N–H and O–H groups in total. The van der Waals surface area contributed by atoms with Crippen LogP contribution in [-0.4, -0.2) is 10.2 Å². The lowest BCUT2D eigenvalue weighted by molar-refractivity contribution is 0.960. The molecule has 0 bridgehead atoms. The highest BCUT2D eigenvalue weighted by Gasteiger charge is 2.10. The summed E-state index contributed by atoms with van der Waals surface area (Å²) in [5, 5.41) is 20.4. The number of nitrogens with one attached hydrogen (secondary N) is 1. The predicted octanol–water partition coefficient (Wildman–Crippen LogP) is 3.31. The fourth-order valence-corrected chi connectivity index (χ4v) is 2.08. The van der Waals surface area contributed by atoms with Gasteiger partial charge in [-0.25, -0.2) is 0 Å². The monoisotopic (exact) mass is 350 g/mol. The van der Waals surface area contributed by atoms with Crippen molar-refractivity contribution in [2.45, 2.75) is 13.8 Å². The van der Waals surface area contributed by atoms with Gasteiger partial charge in [0.1, 0.15) is 11.6 Å². The summed E-state index contributed by atoms with van der Waals surface area (Å²) in [6.45, 7) is 3.72. The van der Waals surface area contributed by atoms with Crippen molar-refractivity contribution in [3.05, 3.63) is 44.7 Å². The minimum Gasteiger partial charge on any atom is -0.338 e. The summed E-state index contributed by atoms with van der Waals surface area (Å²) in [6.07, 6.45) is 0. The van der Waals surface area contributed by atoms with E-state index < -0.39 is 0 Å². The molecule has 0 saturated heterocycles. The molecule has 0 amide bonds. The first-order valence-corrected chi connectivity index (χ1v) is 6.46. The van der Waals surface area contributed by atoms with Gasteiger partial charge in [0.15, 0.2) is 5.82 Å². The van der Waals surface area contributed by atoms with Crippen molar-refractivity contribution < 1.29 is 0 Å². The third-order valence-electron chi connectivity index (χ3n) is 2.65. The Labute approximate surface area is 119 Å². The number of halogens is 1. The van der Waals surface area contributed by atoms with E-state index in [1.54, 1.807) is 0 Å². The van der Waals surface area contributed by atoms with E-state index >= 15 is 0 Å². The van der Waals surface area contributed by atoms with Crippen LogP contribution in [0.4, 0.5) is 11.5 Å². The summed E-state index contributed by atoms with van der Waals surface area (Å²) in [5.41, 5.74) is 3.08. The Kier molecular flexibility index (Phi) is 3.77. The number of aromatic nitrogens is 2. The number of hydrogen-bond acceptors (Lipinski definition) is 4. The highest BCUT2D eigenvalue weighted by molar-refractivity contribution is 14.1. The maximum atomic E-state index is 9.20. The Balaban J connectivity index is 2.42. The first-order valence-electron chi connectivity index (χ1n) is 5.38. The molecular weight excluding hydrogens is 339 g/mol. The van der Waals surface area contributed by atoms with E-state index in [-0.39, 0.29) is 0 Å². The molecular formula is C13H11IN4. The van der Waals surface area contributed by atoms with E-state index in [9.17, 15) is 5.26 Å². The van der Waals surface area contributed by atoms with Crippen molar-refractivity contribution in [3.63, 3.8) is 0 Å². The number of anilines is 2. The maximum absolute atomic E-state index is 9.20. The lowest BCUT2D eigenvalue weighted by Crippen LogP contribution is -2.03. The van der Waals surface area contributed by atoms with Crippen LogP contribution in [0, 0.1) is 28.7 Å². The fourth-order valence-electron chi connectivity index (χ4n) is 1.54. The molecule has 0 radical (unpaired) electrons. The third kappa shape index (κ3) is 2.59. The molecule has 1 heterocycles. The minimum atomic E-state index is 0.502. The van der Waals surface area contributed by atoms with E-state index in [0.717, 1.165) is 20.5 Å². The molecule has 0 fully saturated rings. The number of nitrogens with zero attached hydrogens (tertiary/aromatic N) is 3. The molecule has 0 saturated carbocycles. The van der Waals surface area contributed by atoms with Crippen LogP contribution >= 0.6 is 22.6 Å². The Bertz CT molecular complexity index is 631. The largest absolute Gasteiger partial charge is 0.338 e. The Morgan fingerprint density at radius 2 is 2.06 bits per heavy atom. The second-order valence-electron chi connectivity index (χ2n) is 3.88. The molecule has 5 heteroatoms. The summed E-state index contributed by atoms with van der Waals surface area (Å²) in [7, 11) is 0. The Morgan fingerprint density at radius 1 is 1.28 bits per heavy atom. The zero-order chi connectivity index (χ0) is 13.1. The Morgan fingerprint density at radius 3 is 2.72 bits per heavy atom. The van der Waals surface area contributed by atoms with Crippen molar-refractivity contribution in [2.24, 2.45) is 0 Å². The predicted molar refractivity (Wildman–Crippen MR) is 78.7 cm³/mol. The second kappa shape index (κ2) is 5.31. The van der Waals surface area contributed by atoms with Crippen LogP contribution in [0.15, 0.2) is 24.3 Å². The molecule has 4 nitrogen and oxygen atoms in total. The van der Waals surface area contributed by atoms with E-state index in [4.69, 9.17) is 0 Å². The topological polar surface area (TPSA) is 61.6 Å². The summed E-state index contributed by atoms with van der Waals surface area (Å²) in [4.78, 5) is 0. The molecule has 0 aliphatic rings. The van der Waals surface area contributed by atoms with E-state index in [1.807, 2.05) is 38.1 Å². The third-order valence-corrected chi connectivity index (χ3v) is 3.32. The lowest BCUT2D eigenvalue weighted by Gasteiger charge is -2.09. The molecule has 18 heavy (non-hydrogen) atoms. The van der Waals surface area contributed by atoms with Crippen molar-refractivity contribution >= 4 is 34.1 Å². The molecule has 0 aliphatic heterocycles. The zero-order valence-corrected chi connectivity index (χ0v) is 12.2. The van der Waals surface area contributed by atoms with Crippen molar-refractivity contribution in [1.29, 1.82) is 5.26 Å². The van der Waals surface area contributed by atoms with E-state index in [0.29, 0.717) is 11.4 Å². The highest BCUT2D eigenvalue weighted by atomic mass is 127. The smallest absolute Gasteiger partial charge is 0.171 e. The van der Waals surface area contributed by atoms with E-state index in [2.05, 4.69) is 44.2 Å². The van der Waals surface area contributed by atoms with Gasteiger partial charge < -0.3 is 5.32 Å². The summed E-state index contributed by atoms with van der Waals surface area (Å²) >= 11 is 2.24. The van der Waals surface area contributed by atoms with Crippen LogP contribution in [-0.2, 0) is 0 Å². The molecule has 0 aliphatic carbocycles. The highest BCUT2D eigenvalue weighted by Crippen LogP contribution is 2.22. The summed E-state index contributed by atoms with van der Waals surface area (Å²) in [6, 6.07) is 10.0. The van der Waals surface area contributed by atoms with Gasteiger partial charge in [-0.05, 0) is 60.2 Å².